The van der Waals surface area contributed by atoms with Gasteiger partial charge in [-0.05, 0) is 43.4 Å². The summed E-state index contributed by atoms with van der Waals surface area (Å²) in [5, 5.41) is 12.0. The number of amides is 1. The molecule has 6 heteroatoms. The molecule has 1 aliphatic carbocycles. The van der Waals surface area contributed by atoms with E-state index in [1.165, 1.54) is 12.1 Å². The van der Waals surface area contributed by atoms with Crippen molar-refractivity contribution in [1.82, 2.24) is 5.32 Å². The fourth-order valence-electron chi connectivity index (χ4n) is 2.63. The molecule has 21 heavy (non-hydrogen) atoms. The third kappa shape index (κ3) is 4.17. The summed E-state index contributed by atoms with van der Waals surface area (Å²) in [7, 11) is 0. The SMILES string of the molecule is O=C(O)[C@@H]1CC[C@H](C(=O)NCCc2ccc(F)cc2Cl)C1. The second-order valence-electron chi connectivity index (χ2n) is 5.32. The summed E-state index contributed by atoms with van der Waals surface area (Å²) in [6.45, 7) is 0.401. The Bertz CT molecular complexity index is 550. The maximum atomic E-state index is 12.9. The van der Waals surface area contributed by atoms with Crippen molar-refractivity contribution in [2.45, 2.75) is 25.7 Å². The van der Waals surface area contributed by atoms with Gasteiger partial charge in [0.05, 0.1) is 5.92 Å². The van der Waals surface area contributed by atoms with Crippen molar-refractivity contribution in [3.63, 3.8) is 0 Å². The molecule has 0 spiro atoms. The second-order valence-corrected chi connectivity index (χ2v) is 5.73. The Morgan fingerprint density at radius 1 is 1.33 bits per heavy atom. The largest absolute Gasteiger partial charge is 0.481 e. The summed E-state index contributed by atoms with van der Waals surface area (Å²) in [4.78, 5) is 22.8. The summed E-state index contributed by atoms with van der Waals surface area (Å²) in [5.41, 5.74) is 0.771. The van der Waals surface area contributed by atoms with Crippen molar-refractivity contribution in [3.8, 4) is 0 Å². The first-order valence-corrected chi connectivity index (χ1v) is 7.29. The predicted molar refractivity (Wildman–Crippen MR) is 76.6 cm³/mol. The van der Waals surface area contributed by atoms with Crippen LogP contribution < -0.4 is 5.32 Å². The first kappa shape index (κ1) is 15.8. The smallest absolute Gasteiger partial charge is 0.306 e. The van der Waals surface area contributed by atoms with E-state index in [0.717, 1.165) is 5.56 Å². The van der Waals surface area contributed by atoms with E-state index in [2.05, 4.69) is 5.32 Å². The van der Waals surface area contributed by atoms with Crippen LogP contribution in [-0.4, -0.2) is 23.5 Å². The number of carboxylic acid groups (broad SMARTS) is 1. The van der Waals surface area contributed by atoms with Gasteiger partial charge < -0.3 is 10.4 Å². The molecule has 0 bridgehead atoms. The van der Waals surface area contributed by atoms with Crippen LogP contribution in [0.3, 0.4) is 0 Å². The Kier molecular flexibility index (Phi) is 5.17. The number of carbonyl (C=O) groups is 2. The van der Waals surface area contributed by atoms with Gasteiger partial charge >= 0.3 is 5.97 Å². The average Bonchev–Trinajstić information content (AvgIpc) is 2.91. The molecule has 0 saturated heterocycles. The van der Waals surface area contributed by atoms with Crippen molar-refractivity contribution in [1.29, 1.82) is 0 Å². The molecule has 1 saturated carbocycles. The summed E-state index contributed by atoms with van der Waals surface area (Å²) in [5.74, 6) is -1.97. The van der Waals surface area contributed by atoms with Crippen LogP contribution in [0.15, 0.2) is 18.2 Å². The Balaban J connectivity index is 1.78. The van der Waals surface area contributed by atoms with Gasteiger partial charge in [-0.3, -0.25) is 9.59 Å². The van der Waals surface area contributed by atoms with Crippen LogP contribution >= 0.6 is 11.6 Å². The van der Waals surface area contributed by atoms with Gasteiger partial charge in [0.1, 0.15) is 5.82 Å². The fourth-order valence-corrected chi connectivity index (χ4v) is 2.89. The highest BCUT2D eigenvalue weighted by atomic mass is 35.5. The topological polar surface area (TPSA) is 66.4 Å². The Labute approximate surface area is 127 Å². The van der Waals surface area contributed by atoms with E-state index in [4.69, 9.17) is 16.7 Å². The van der Waals surface area contributed by atoms with E-state index < -0.39 is 17.7 Å². The first-order valence-electron chi connectivity index (χ1n) is 6.92. The van der Waals surface area contributed by atoms with Gasteiger partial charge in [0.25, 0.3) is 0 Å². The molecule has 2 atom stereocenters. The van der Waals surface area contributed by atoms with Crippen molar-refractivity contribution in [2.24, 2.45) is 11.8 Å². The van der Waals surface area contributed by atoms with Gasteiger partial charge in [-0.25, -0.2) is 4.39 Å². The average molecular weight is 314 g/mol. The summed E-state index contributed by atoms with van der Waals surface area (Å²) in [6.07, 6.45) is 2.08. The molecule has 1 fully saturated rings. The number of rotatable bonds is 5. The number of carbonyl (C=O) groups excluding carboxylic acids is 1. The zero-order chi connectivity index (χ0) is 15.4. The molecular weight excluding hydrogens is 297 g/mol. The van der Waals surface area contributed by atoms with Crippen LogP contribution in [0.2, 0.25) is 5.02 Å². The number of hydrogen-bond acceptors (Lipinski definition) is 2. The highest BCUT2D eigenvalue weighted by Gasteiger charge is 2.33. The lowest BCUT2D eigenvalue weighted by atomic mass is 10.0. The van der Waals surface area contributed by atoms with Gasteiger partial charge in [-0.1, -0.05) is 17.7 Å². The Morgan fingerprint density at radius 2 is 2.05 bits per heavy atom. The molecule has 2 N–H and O–H groups in total. The van der Waals surface area contributed by atoms with E-state index in [0.29, 0.717) is 37.3 Å². The van der Waals surface area contributed by atoms with Crippen molar-refractivity contribution < 1.29 is 19.1 Å². The van der Waals surface area contributed by atoms with Gasteiger partial charge in [-0.2, -0.15) is 0 Å². The highest BCUT2D eigenvalue weighted by Crippen LogP contribution is 2.31. The zero-order valence-corrected chi connectivity index (χ0v) is 12.2. The molecule has 0 radical (unpaired) electrons. The Hall–Kier alpha value is -1.62. The summed E-state index contributed by atoms with van der Waals surface area (Å²) in [6, 6.07) is 4.17. The van der Waals surface area contributed by atoms with Crippen molar-refractivity contribution >= 4 is 23.5 Å². The minimum absolute atomic E-state index is 0.114. The molecule has 1 aromatic rings. The van der Waals surface area contributed by atoms with Gasteiger partial charge in [0, 0.05) is 17.5 Å². The fraction of sp³-hybridized carbons (Fsp3) is 0.467. The minimum Gasteiger partial charge on any atom is -0.481 e. The first-order chi connectivity index (χ1) is 9.97. The number of nitrogens with one attached hydrogen (secondary N) is 1. The number of aliphatic carboxylic acids is 1. The van der Waals surface area contributed by atoms with Crippen LogP contribution in [0.4, 0.5) is 4.39 Å². The lowest BCUT2D eigenvalue weighted by molar-refractivity contribution is -0.141. The lowest BCUT2D eigenvalue weighted by Gasteiger charge is -2.11. The summed E-state index contributed by atoms with van der Waals surface area (Å²) < 4.78 is 12.9. The monoisotopic (exact) mass is 313 g/mol. The number of carboxylic acids is 1. The molecular formula is C15H17ClFNO3. The van der Waals surface area contributed by atoms with Crippen LogP contribution in [0, 0.1) is 17.7 Å². The van der Waals surface area contributed by atoms with E-state index >= 15 is 0 Å². The van der Waals surface area contributed by atoms with E-state index in [9.17, 15) is 14.0 Å². The molecule has 4 nitrogen and oxygen atoms in total. The molecule has 0 unspecified atom stereocenters. The molecule has 1 aliphatic rings. The van der Waals surface area contributed by atoms with E-state index in [-0.39, 0.29) is 11.8 Å². The van der Waals surface area contributed by atoms with Crippen LogP contribution in [-0.2, 0) is 16.0 Å². The maximum Gasteiger partial charge on any atom is 0.306 e. The van der Waals surface area contributed by atoms with Gasteiger partial charge in [0.2, 0.25) is 5.91 Å². The Morgan fingerprint density at radius 3 is 2.67 bits per heavy atom. The minimum atomic E-state index is -0.830. The molecule has 0 heterocycles. The number of hydrogen-bond donors (Lipinski definition) is 2. The van der Waals surface area contributed by atoms with E-state index in [1.807, 2.05) is 0 Å². The molecule has 1 aromatic carbocycles. The standard InChI is InChI=1S/C15H17ClFNO3/c16-13-8-12(17)4-3-9(13)5-6-18-14(19)10-1-2-11(7-10)15(20)21/h3-4,8,10-11H,1-2,5-7H2,(H,18,19)(H,20,21)/t10-,11+/m0/s1. The predicted octanol–water partition coefficient (Wildman–Crippen LogP) is 2.64. The van der Waals surface area contributed by atoms with Crippen molar-refractivity contribution in [2.75, 3.05) is 6.54 Å². The van der Waals surface area contributed by atoms with Gasteiger partial charge in [-0.15, -0.1) is 0 Å². The third-order valence-corrected chi connectivity index (χ3v) is 4.21. The molecule has 0 aromatic heterocycles. The van der Waals surface area contributed by atoms with Crippen LogP contribution in [0.1, 0.15) is 24.8 Å². The third-order valence-electron chi connectivity index (χ3n) is 3.86. The maximum absolute atomic E-state index is 12.9. The van der Waals surface area contributed by atoms with Crippen LogP contribution in [0.5, 0.6) is 0 Å². The normalized spacial score (nSPS) is 21.2. The molecule has 2 rings (SSSR count). The number of halogens is 2. The second kappa shape index (κ2) is 6.89. The van der Waals surface area contributed by atoms with E-state index in [1.54, 1.807) is 6.07 Å². The molecule has 114 valence electrons. The van der Waals surface area contributed by atoms with Crippen LogP contribution in [0.25, 0.3) is 0 Å². The lowest BCUT2D eigenvalue weighted by Crippen LogP contribution is -2.31. The van der Waals surface area contributed by atoms with Crippen molar-refractivity contribution in [3.05, 3.63) is 34.6 Å². The van der Waals surface area contributed by atoms with Gasteiger partial charge in [0.15, 0.2) is 0 Å². The zero-order valence-electron chi connectivity index (χ0n) is 11.4. The molecule has 1 amide bonds. The quantitative estimate of drug-likeness (QED) is 0.878. The summed E-state index contributed by atoms with van der Waals surface area (Å²) >= 11 is 5.91. The highest BCUT2D eigenvalue weighted by molar-refractivity contribution is 6.31. The molecule has 0 aliphatic heterocycles. The number of benzene rings is 1.